The Morgan fingerprint density at radius 3 is 1.75 bits per heavy atom. The number of rotatable bonds is 0. The molecule has 0 saturated carbocycles. The fraction of sp³-hybridized carbons (Fsp3) is 0.500. The molecule has 40 valence electrons. The zero-order chi connectivity index (χ0) is 5.40. The van der Waals surface area contributed by atoms with E-state index >= 15 is 0 Å². The van der Waals surface area contributed by atoms with Crippen LogP contribution in [0.1, 0.15) is 12.8 Å². The van der Waals surface area contributed by atoms with Crippen LogP contribution in [0.5, 0.6) is 0 Å². The minimum Gasteiger partial charge on any atom is -0.103 e. The molecule has 2 aliphatic carbocycles. The molecule has 2 rings (SSSR count). The predicted molar refractivity (Wildman–Crippen MR) is 33.1 cm³/mol. The fourth-order valence-electron chi connectivity index (χ4n) is 1.24. The number of fused-ring (bicyclic) bond motifs is 1. The average Bonchev–Trinajstić information content (AvgIpc) is 1.72. The van der Waals surface area contributed by atoms with Crippen LogP contribution < -0.4 is 0 Å². The molecule has 0 radical (unpaired) electrons. The first-order valence-corrected chi connectivity index (χ1v) is 3.11. The van der Waals surface area contributed by atoms with Crippen LogP contribution in [0.4, 0.5) is 0 Å². The average molecular weight is 104 g/mol. The summed E-state index contributed by atoms with van der Waals surface area (Å²) < 4.78 is 0. The van der Waals surface area contributed by atoms with Crippen LogP contribution in [-0.4, -0.2) is 0 Å². The van der Waals surface area contributed by atoms with E-state index in [9.17, 15) is 0 Å². The van der Waals surface area contributed by atoms with Gasteiger partial charge in [-0.1, -0.05) is 12.2 Å². The van der Waals surface area contributed by atoms with Crippen LogP contribution >= 0.6 is 0 Å². The van der Waals surface area contributed by atoms with Crippen LogP contribution in [-0.2, 0) is 0 Å². The van der Waals surface area contributed by atoms with Gasteiger partial charge >= 0.3 is 0 Å². The van der Waals surface area contributed by atoms with Gasteiger partial charge in [0.15, 0.2) is 0 Å². The normalized spacial score (nSPS) is 39.0. The Bertz CT molecular complexity index is 160. The van der Waals surface area contributed by atoms with Crippen molar-refractivity contribution in [3.05, 3.63) is 12.2 Å². The molecule has 2 atom stereocenters. The van der Waals surface area contributed by atoms with Gasteiger partial charge < -0.3 is 0 Å². The van der Waals surface area contributed by atoms with Gasteiger partial charge in [-0.2, -0.15) is 0 Å². The SMILES string of the molecule is C1#CCC2C=CC2C1. The van der Waals surface area contributed by atoms with Gasteiger partial charge in [-0.25, -0.2) is 0 Å². The van der Waals surface area contributed by atoms with Crippen molar-refractivity contribution in [2.24, 2.45) is 11.8 Å². The molecule has 0 heteroatoms. The summed E-state index contributed by atoms with van der Waals surface area (Å²) in [5, 5.41) is 0. The molecule has 2 unspecified atom stereocenters. The van der Waals surface area contributed by atoms with Crippen LogP contribution in [0, 0.1) is 23.7 Å². The summed E-state index contributed by atoms with van der Waals surface area (Å²) >= 11 is 0. The summed E-state index contributed by atoms with van der Waals surface area (Å²) in [6.07, 6.45) is 6.78. The van der Waals surface area contributed by atoms with Crippen LogP contribution in [0.25, 0.3) is 0 Å². The molecule has 0 nitrogen and oxygen atoms in total. The molecule has 0 amide bonds. The Labute approximate surface area is 49.6 Å². The van der Waals surface area contributed by atoms with E-state index in [0.717, 1.165) is 24.7 Å². The van der Waals surface area contributed by atoms with E-state index in [0.29, 0.717) is 0 Å². The van der Waals surface area contributed by atoms with Gasteiger partial charge in [-0.05, 0) is 11.8 Å². The summed E-state index contributed by atoms with van der Waals surface area (Å²) in [5.41, 5.74) is 0. The molecule has 0 aromatic heterocycles. The van der Waals surface area contributed by atoms with Crippen molar-refractivity contribution in [2.45, 2.75) is 12.8 Å². The molecule has 0 aromatic carbocycles. The van der Waals surface area contributed by atoms with Crippen molar-refractivity contribution in [3.8, 4) is 11.8 Å². The summed E-state index contributed by atoms with van der Waals surface area (Å²) in [6, 6.07) is 0. The Morgan fingerprint density at radius 1 is 1.00 bits per heavy atom. The van der Waals surface area contributed by atoms with E-state index in [1.165, 1.54) is 0 Å². The molecule has 0 N–H and O–H groups in total. The second-order valence-electron chi connectivity index (χ2n) is 2.47. The van der Waals surface area contributed by atoms with Gasteiger partial charge in [0.25, 0.3) is 0 Å². The maximum Gasteiger partial charge on any atom is 0.0158 e. The van der Waals surface area contributed by atoms with Crippen LogP contribution in [0.2, 0.25) is 0 Å². The van der Waals surface area contributed by atoms with Crippen molar-refractivity contribution in [2.75, 3.05) is 0 Å². The zero-order valence-corrected chi connectivity index (χ0v) is 4.72. The molecule has 2 aliphatic rings. The summed E-state index contributed by atoms with van der Waals surface area (Å²) in [7, 11) is 0. The summed E-state index contributed by atoms with van der Waals surface area (Å²) in [6.45, 7) is 0. The minimum absolute atomic E-state index is 0.830. The molecule has 0 spiro atoms. The lowest BCUT2D eigenvalue weighted by atomic mass is 9.76. The van der Waals surface area contributed by atoms with Gasteiger partial charge in [-0.3, -0.25) is 0 Å². The minimum atomic E-state index is 0.830. The van der Waals surface area contributed by atoms with Crippen molar-refractivity contribution in [3.63, 3.8) is 0 Å². The van der Waals surface area contributed by atoms with Crippen LogP contribution in [0.15, 0.2) is 12.2 Å². The van der Waals surface area contributed by atoms with Gasteiger partial charge in [-0.15, -0.1) is 11.8 Å². The second-order valence-corrected chi connectivity index (χ2v) is 2.47. The molecule has 0 bridgehead atoms. The van der Waals surface area contributed by atoms with E-state index in [1.54, 1.807) is 0 Å². The molecule has 0 aromatic rings. The highest BCUT2D eigenvalue weighted by atomic mass is 14.3. The third kappa shape index (κ3) is 0.419. The fourth-order valence-corrected chi connectivity index (χ4v) is 1.24. The van der Waals surface area contributed by atoms with Crippen molar-refractivity contribution in [1.82, 2.24) is 0 Å². The summed E-state index contributed by atoms with van der Waals surface area (Å²) in [4.78, 5) is 0. The molecule has 0 saturated heterocycles. The molecular formula is C8H8. The highest BCUT2D eigenvalue weighted by molar-refractivity contribution is 5.21. The third-order valence-corrected chi connectivity index (χ3v) is 1.96. The van der Waals surface area contributed by atoms with E-state index in [1.807, 2.05) is 0 Å². The summed E-state index contributed by atoms with van der Waals surface area (Å²) in [5.74, 6) is 7.89. The van der Waals surface area contributed by atoms with Gasteiger partial charge in [0, 0.05) is 12.8 Å². The van der Waals surface area contributed by atoms with E-state index in [2.05, 4.69) is 24.0 Å². The number of hydrogen-bond donors (Lipinski definition) is 0. The Kier molecular flexibility index (Phi) is 0.729. The smallest absolute Gasteiger partial charge is 0.0158 e. The number of allylic oxidation sites excluding steroid dienone is 2. The first-order valence-electron chi connectivity index (χ1n) is 3.11. The van der Waals surface area contributed by atoms with Gasteiger partial charge in [0.05, 0.1) is 0 Å². The van der Waals surface area contributed by atoms with E-state index in [4.69, 9.17) is 0 Å². The monoisotopic (exact) mass is 104 g/mol. The topological polar surface area (TPSA) is 0 Å². The Morgan fingerprint density at radius 2 is 1.50 bits per heavy atom. The van der Waals surface area contributed by atoms with Gasteiger partial charge in [0.2, 0.25) is 0 Å². The first kappa shape index (κ1) is 4.21. The standard InChI is InChI=1S/C8H8/c1-2-4-8-6-5-7(8)3-1/h5-8H,3-4H2. The Hall–Kier alpha value is -0.700. The van der Waals surface area contributed by atoms with Crippen molar-refractivity contribution in [1.29, 1.82) is 0 Å². The number of hydrogen-bond acceptors (Lipinski definition) is 0. The molecule has 0 heterocycles. The molecular weight excluding hydrogens is 96.1 g/mol. The highest BCUT2D eigenvalue weighted by Gasteiger charge is 2.23. The van der Waals surface area contributed by atoms with Crippen molar-refractivity contribution >= 4 is 0 Å². The lowest BCUT2D eigenvalue weighted by molar-refractivity contribution is 0.433. The molecule has 8 heavy (non-hydrogen) atoms. The van der Waals surface area contributed by atoms with E-state index in [-0.39, 0.29) is 0 Å². The molecule has 0 aliphatic heterocycles. The maximum absolute atomic E-state index is 3.11. The lowest BCUT2D eigenvalue weighted by Gasteiger charge is -2.28. The Balaban J connectivity index is 2.20. The van der Waals surface area contributed by atoms with Crippen LogP contribution in [0.3, 0.4) is 0 Å². The largest absolute Gasteiger partial charge is 0.103 e. The van der Waals surface area contributed by atoms with Gasteiger partial charge in [0.1, 0.15) is 0 Å². The third-order valence-electron chi connectivity index (χ3n) is 1.96. The first-order chi connectivity index (χ1) is 3.97. The van der Waals surface area contributed by atoms with Crippen molar-refractivity contribution < 1.29 is 0 Å². The molecule has 0 fully saturated rings. The zero-order valence-electron chi connectivity index (χ0n) is 4.72. The quantitative estimate of drug-likeness (QED) is 0.323. The predicted octanol–water partition coefficient (Wildman–Crippen LogP) is 1.59. The maximum atomic E-state index is 3.11. The van der Waals surface area contributed by atoms with E-state index < -0.39 is 0 Å². The highest BCUT2D eigenvalue weighted by Crippen LogP contribution is 2.32. The second kappa shape index (κ2) is 1.39. The lowest BCUT2D eigenvalue weighted by Crippen LogP contribution is -2.19.